The van der Waals surface area contributed by atoms with Crippen molar-refractivity contribution in [1.29, 1.82) is 0 Å². The van der Waals surface area contributed by atoms with Crippen LogP contribution in [0.1, 0.15) is 19.4 Å². The third kappa shape index (κ3) is 2.85. The van der Waals surface area contributed by atoms with Crippen LogP contribution in [0.4, 0.5) is 0 Å². The Hall–Kier alpha value is -3.33. The molecular weight excluding hydrogens is 398 g/mol. The summed E-state index contributed by atoms with van der Waals surface area (Å²) in [6.45, 7) is 4.07. The van der Waals surface area contributed by atoms with Crippen molar-refractivity contribution < 1.29 is 5.11 Å². The third-order valence-electron chi connectivity index (χ3n) is 4.88. The first kappa shape index (κ1) is 19.0. The van der Waals surface area contributed by atoms with Gasteiger partial charge in [0.1, 0.15) is 0 Å². The van der Waals surface area contributed by atoms with Crippen LogP contribution < -0.4 is 16.8 Å². The number of fused-ring (bicyclic) bond motifs is 3. The molecule has 0 spiro atoms. The second kappa shape index (κ2) is 6.93. The fourth-order valence-corrected chi connectivity index (χ4v) is 3.59. The average Bonchev–Trinajstić information content (AvgIpc) is 3.08. The van der Waals surface area contributed by atoms with Crippen LogP contribution in [-0.4, -0.2) is 28.2 Å². The van der Waals surface area contributed by atoms with Gasteiger partial charge in [-0.3, -0.25) is 23.3 Å². The molecule has 3 heterocycles. The number of rotatable bonds is 4. The Morgan fingerprint density at radius 1 is 1.00 bits per heavy atom. The fourth-order valence-electron chi connectivity index (χ4n) is 3.46. The molecule has 9 nitrogen and oxygen atoms in total. The van der Waals surface area contributed by atoms with Gasteiger partial charge in [-0.1, -0.05) is 23.7 Å². The zero-order chi connectivity index (χ0) is 20.9. The summed E-state index contributed by atoms with van der Waals surface area (Å²) in [5.74, 6) is -0.221. The van der Waals surface area contributed by atoms with Crippen LogP contribution in [0.2, 0.25) is 5.02 Å². The van der Waals surface area contributed by atoms with E-state index in [1.165, 1.54) is 9.13 Å². The van der Waals surface area contributed by atoms with E-state index in [0.717, 1.165) is 20.6 Å². The predicted octanol–water partition coefficient (Wildman–Crippen LogP) is 1.42. The molecular formula is C19H18ClN5O4. The molecule has 150 valence electrons. The van der Waals surface area contributed by atoms with Gasteiger partial charge in [0.25, 0.3) is 11.1 Å². The Bertz CT molecular complexity index is 1430. The maximum atomic E-state index is 12.9. The first-order chi connectivity index (χ1) is 13.9. The number of nitrogens with zero attached hydrogens (tertiary/aromatic N) is 5. The van der Waals surface area contributed by atoms with Gasteiger partial charge in [0.15, 0.2) is 17.0 Å². The van der Waals surface area contributed by atoms with E-state index in [4.69, 9.17) is 11.6 Å². The van der Waals surface area contributed by atoms with Crippen molar-refractivity contribution in [1.82, 2.24) is 23.1 Å². The van der Waals surface area contributed by atoms with Crippen molar-refractivity contribution in [3.63, 3.8) is 0 Å². The van der Waals surface area contributed by atoms with Gasteiger partial charge in [0, 0.05) is 18.1 Å². The van der Waals surface area contributed by atoms with E-state index in [9.17, 15) is 19.5 Å². The zero-order valence-electron chi connectivity index (χ0n) is 15.8. The number of aryl methyl sites for hydroxylation is 1. The number of imidazole rings is 1. The molecule has 0 aliphatic heterocycles. The van der Waals surface area contributed by atoms with Crippen LogP contribution >= 0.6 is 11.6 Å². The smallest absolute Gasteiger partial charge is 0.332 e. The zero-order valence-corrected chi connectivity index (χ0v) is 16.5. The molecule has 0 fully saturated rings. The van der Waals surface area contributed by atoms with Crippen LogP contribution in [0.5, 0.6) is 5.88 Å². The van der Waals surface area contributed by atoms with Gasteiger partial charge < -0.3 is 5.11 Å². The van der Waals surface area contributed by atoms with Crippen molar-refractivity contribution in [3.05, 3.63) is 72.1 Å². The molecule has 29 heavy (non-hydrogen) atoms. The molecule has 1 aromatic carbocycles. The van der Waals surface area contributed by atoms with Crippen molar-refractivity contribution in [2.24, 2.45) is 0 Å². The quantitative estimate of drug-likeness (QED) is 0.543. The highest BCUT2D eigenvalue weighted by Gasteiger charge is 2.21. The van der Waals surface area contributed by atoms with E-state index in [0.29, 0.717) is 5.02 Å². The van der Waals surface area contributed by atoms with E-state index >= 15 is 0 Å². The van der Waals surface area contributed by atoms with Crippen LogP contribution in [-0.2, 0) is 19.6 Å². The molecule has 0 saturated heterocycles. The lowest BCUT2D eigenvalue weighted by Crippen LogP contribution is -2.40. The molecule has 0 unspecified atom stereocenters. The summed E-state index contributed by atoms with van der Waals surface area (Å²) >= 11 is 5.93. The summed E-state index contributed by atoms with van der Waals surface area (Å²) in [6, 6.07) is 8.02. The Morgan fingerprint density at radius 3 is 2.28 bits per heavy atom. The van der Waals surface area contributed by atoms with E-state index in [1.54, 1.807) is 38.1 Å². The molecule has 0 amide bonds. The van der Waals surface area contributed by atoms with Gasteiger partial charge in [-0.05, 0) is 31.5 Å². The van der Waals surface area contributed by atoms with Crippen LogP contribution in [0.15, 0.2) is 44.7 Å². The van der Waals surface area contributed by atoms with Gasteiger partial charge in [-0.15, -0.1) is 0 Å². The number of benzene rings is 1. The summed E-state index contributed by atoms with van der Waals surface area (Å²) in [6.07, 6.45) is 0. The second-order valence-electron chi connectivity index (χ2n) is 6.55. The molecule has 0 radical (unpaired) electrons. The topological polar surface area (TPSA) is 104 Å². The Morgan fingerprint density at radius 2 is 1.66 bits per heavy atom. The fraction of sp³-hybridized carbons (Fsp3) is 0.263. The summed E-state index contributed by atoms with van der Waals surface area (Å²) in [4.78, 5) is 42.6. The first-order valence-electron chi connectivity index (χ1n) is 9.10. The van der Waals surface area contributed by atoms with Gasteiger partial charge in [-0.2, -0.15) is 4.98 Å². The number of aromatic nitrogens is 5. The first-order valence-corrected chi connectivity index (χ1v) is 9.48. The third-order valence-corrected chi connectivity index (χ3v) is 5.14. The lowest BCUT2D eigenvalue weighted by Gasteiger charge is -2.10. The average molecular weight is 416 g/mol. The van der Waals surface area contributed by atoms with E-state index < -0.39 is 16.8 Å². The maximum Gasteiger partial charge on any atom is 0.332 e. The van der Waals surface area contributed by atoms with E-state index in [-0.39, 0.29) is 42.5 Å². The lowest BCUT2D eigenvalue weighted by molar-refractivity contribution is 0.419. The second-order valence-corrected chi connectivity index (χ2v) is 6.99. The highest BCUT2D eigenvalue weighted by atomic mass is 35.5. The van der Waals surface area contributed by atoms with Gasteiger partial charge in [0.05, 0.1) is 12.6 Å². The van der Waals surface area contributed by atoms with Crippen molar-refractivity contribution in [2.45, 2.75) is 33.5 Å². The minimum Gasteiger partial charge on any atom is -0.494 e. The maximum absolute atomic E-state index is 12.9. The highest BCUT2D eigenvalue weighted by molar-refractivity contribution is 6.30. The number of aromatic hydroxyl groups is 1. The largest absolute Gasteiger partial charge is 0.494 e. The predicted molar refractivity (Wildman–Crippen MR) is 109 cm³/mol. The van der Waals surface area contributed by atoms with E-state index in [1.807, 2.05) is 0 Å². The monoisotopic (exact) mass is 415 g/mol. The van der Waals surface area contributed by atoms with Gasteiger partial charge in [-0.25, -0.2) is 9.20 Å². The summed E-state index contributed by atoms with van der Waals surface area (Å²) in [7, 11) is 0. The number of hydrogen-bond acceptors (Lipinski definition) is 5. The van der Waals surface area contributed by atoms with Crippen LogP contribution in [0, 0.1) is 0 Å². The van der Waals surface area contributed by atoms with Gasteiger partial charge >= 0.3 is 5.69 Å². The minimum absolute atomic E-state index is 0.0122. The molecule has 0 aliphatic carbocycles. The normalized spacial score (nSPS) is 11.6. The van der Waals surface area contributed by atoms with Crippen molar-refractivity contribution >= 4 is 28.5 Å². The van der Waals surface area contributed by atoms with Gasteiger partial charge in [0.2, 0.25) is 5.78 Å². The molecule has 0 aliphatic rings. The molecule has 0 bridgehead atoms. The summed E-state index contributed by atoms with van der Waals surface area (Å²) < 4.78 is 4.96. The summed E-state index contributed by atoms with van der Waals surface area (Å²) in [5, 5.41) is 11.0. The van der Waals surface area contributed by atoms with Crippen molar-refractivity contribution in [3.8, 4) is 5.88 Å². The van der Waals surface area contributed by atoms with Crippen LogP contribution in [0.25, 0.3) is 16.9 Å². The highest BCUT2D eigenvalue weighted by Crippen LogP contribution is 2.19. The minimum atomic E-state index is -0.603. The summed E-state index contributed by atoms with van der Waals surface area (Å²) in [5.41, 5.74) is -0.755. The Labute approximate surface area is 168 Å². The lowest BCUT2D eigenvalue weighted by atomic mass is 10.2. The van der Waals surface area contributed by atoms with Crippen molar-refractivity contribution in [2.75, 3.05) is 0 Å². The SMILES string of the molecule is CCn1c(=O)c2c(nc3n(Cc4ccc(Cl)cc4)c(O)cc(=O)n23)n(CC)c1=O. The van der Waals surface area contributed by atoms with Crippen LogP contribution in [0.3, 0.4) is 0 Å². The molecule has 3 aromatic heterocycles. The molecule has 4 aromatic rings. The Balaban J connectivity index is 2.13. The molecule has 0 saturated carbocycles. The van der Waals surface area contributed by atoms with E-state index in [2.05, 4.69) is 4.98 Å². The number of halogens is 1. The molecule has 0 atom stereocenters. The molecule has 4 rings (SSSR count). The molecule has 10 heteroatoms. The Kier molecular flexibility index (Phi) is 4.54. The number of hydrogen-bond donors (Lipinski definition) is 1. The molecule has 1 N–H and O–H groups in total. The standard InChI is InChI=1S/C19H18ClN5O4/c1-3-22-16-15(17(28)23(4-2)19(22)29)25-14(27)9-13(26)24(18(25)21-16)10-11-5-7-12(20)8-6-11/h5-9,26H,3-4,10H2,1-2H3.